The van der Waals surface area contributed by atoms with Crippen LogP contribution in [0.25, 0.3) is 0 Å². The summed E-state index contributed by atoms with van der Waals surface area (Å²) in [4.78, 5) is 24.5. The Bertz CT molecular complexity index is 860. The van der Waals surface area contributed by atoms with Crippen LogP contribution in [0.5, 0.6) is 0 Å². The minimum absolute atomic E-state index is 0.0798. The van der Waals surface area contributed by atoms with Gasteiger partial charge in [0, 0.05) is 12.5 Å². The summed E-state index contributed by atoms with van der Waals surface area (Å²) in [6, 6.07) is 7.31. The topological polar surface area (TPSA) is 58.2 Å². The van der Waals surface area contributed by atoms with E-state index in [-0.39, 0.29) is 17.3 Å². The van der Waals surface area contributed by atoms with E-state index >= 15 is 0 Å². The first-order valence-electron chi connectivity index (χ1n) is 7.36. The zero-order valence-corrected chi connectivity index (χ0v) is 13.4. The highest BCUT2D eigenvalue weighted by atomic mass is 35.5. The van der Waals surface area contributed by atoms with E-state index in [9.17, 15) is 22.8 Å². The maximum absolute atomic E-state index is 13.7. The van der Waals surface area contributed by atoms with E-state index in [2.05, 4.69) is 10.6 Å². The van der Waals surface area contributed by atoms with Crippen molar-refractivity contribution >= 4 is 29.1 Å². The van der Waals surface area contributed by atoms with Crippen LogP contribution in [0.2, 0.25) is 5.02 Å². The van der Waals surface area contributed by atoms with Crippen LogP contribution >= 0.6 is 11.6 Å². The second-order valence-corrected chi connectivity index (χ2v) is 6.00. The van der Waals surface area contributed by atoms with Gasteiger partial charge >= 0.3 is 0 Å². The highest BCUT2D eigenvalue weighted by Gasteiger charge is 2.41. The number of anilines is 1. The molecule has 1 aliphatic heterocycles. The van der Waals surface area contributed by atoms with Gasteiger partial charge in [0.25, 0.3) is 0 Å². The van der Waals surface area contributed by atoms with Crippen molar-refractivity contribution in [3.63, 3.8) is 0 Å². The smallest absolute Gasteiger partial charge is 0.237 e. The molecule has 2 atom stereocenters. The van der Waals surface area contributed by atoms with Crippen LogP contribution in [-0.4, -0.2) is 18.4 Å². The third-order valence-electron chi connectivity index (χ3n) is 4.04. The van der Waals surface area contributed by atoms with E-state index < -0.39 is 41.1 Å². The molecule has 0 spiro atoms. The second kappa shape index (κ2) is 6.76. The third-order valence-corrected chi connectivity index (χ3v) is 4.35. The molecule has 0 unspecified atom stereocenters. The summed E-state index contributed by atoms with van der Waals surface area (Å²) in [5.41, 5.74) is 0.0332. The van der Waals surface area contributed by atoms with E-state index in [1.807, 2.05) is 0 Å². The average molecular weight is 369 g/mol. The number of hydrogen-bond donors (Lipinski definition) is 2. The number of rotatable bonds is 3. The number of carbonyl (C=O) groups is 2. The van der Waals surface area contributed by atoms with E-state index in [4.69, 9.17) is 11.6 Å². The van der Waals surface area contributed by atoms with Gasteiger partial charge in [0.05, 0.1) is 10.7 Å². The summed E-state index contributed by atoms with van der Waals surface area (Å²) in [6.45, 7) is 0.115. The quantitative estimate of drug-likeness (QED) is 0.817. The number of nitrogens with one attached hydrogen (secondary N) is 2. The van der Waals surface area contributed by atoms with Crippen molar-refractivity contribution in [3.8, 4) is 0 Å². The van der Waals surface area contributed by atoms with E-state index in [0.29, 0.717) is 5.56 Å². The van der Waals surface area contributed by atoms with Crippen LogP contribution < -0.4 is 10.6 Å². The molecule has 1 heterocycles. The first kappa shape index (κ1) is 17.3. The van der Waals surface area contributed by atoms with Gasteiger partial charge in [-0.2, -0.15) is 0 Å². The van der Waals surface area contributed by atoms with Crippen molar-refractivity contribution in [1.82, 2.24) is 5.32 Å². The summed E-state index contributed by atoms with van der Waals surface area (Å²) in [5.74, 6) is -6.25. The molecule has 1 fully saturated rings. The van der Waals surface area contributed by atoms with Crippen LogP contribution in [-0.2, 0) is 9.59 Å². The Morgan fingerprint density at radius 2 is 1.92 bits per heavy atom. The fourth-order valence-corrected chi connectivity index (χ4v) is 2.90. The monoisotopic (exact) mass is 368 g/mol. The maximum atomic E-state index is 13.7. The van der Waals surface area contributed by atoms with Crippen LogP contribution in [0.15, 0.2) is 36.4 Å². The van der Waals surface area contributed by atoms with Crippen molar-refractivity contribution in [2.24, 2.45) is 5.92 Å². The molecular weight excluding hydrogens is 357 g/mol. The number of carbonyl (C=O) groups excluding carboxylic acids is 2. The molecule has 25 heavy (non-hydrogen) atoms. The third kappa shape index (κ3) is 3.32. The SMILES string of the molecule is O=C1NC[C@H](c2ccc(Cl)c(F)c2)[C@H]1C(=O)Nc1cccc(F)c1F. The molecule has 2 amide bonds. The largest absolute Gasteiger partial charge is 0.355 e. The number of halogens is 4. The molecule has 8 heteroatoms. The van der Waals surface area contributed by atoms with Crippen LogP contribution in [0.3, 0.4) is 0 Å². The summed E-state index contributed by atoms with van der Waals surface area (Å²) < 4.78 is 40.6. The molecule has 4 nitrogen and oxygen atoms in total. The predicted octanol–water partition coefficient (Wildman–Crippen LogP) is 3.23. The maximum Gasteiger partial charge on any atom is 0.237 e. The van der Waals surface area contributed by atoms with Crippen LogP contribution in [0.1, 0.15) is 11.5 Å². The molecule has 1 saturated heterocycles. The van der Waals surface area contributed by atoms with Gasteiger partial charge in [-0.3, -0.25) is 9.59 Å². The fourth-order valence-electron chi connectivity index (χ4n) is 2.79. The fraction of sp³-hybridized carbons (Fsp3) is 0.176. The molecule has 130 valence electrons. The molecule has 0 bridgehead atoms. The lowest BCUT2D eigenvalue weighted by Crippen LogP contribution is -2.32. The first-order chi connectivity index (χ1) is 11.9. The van der Waals surface area contributed by atoms with Crippen LogP contribution in [0, 0.1) is 23.4 Å². The minimum Gasteiger partial charge on any atom is -0.355 e. The lowest BCUT2D eigenvalue weighted by molar-refractivity contribution is -0.130. The van der Waals surface area contributed by atoms with E-state index in [1.165, 1.54) is 24.3 Å². The van der Waals surface area contributed by atoms with Gasteiger partial charge in [-0.1, -0.05) is 23.7 Å². The van der Waals surface area contributed by atoms with Crippen molar-refractivity contribution < 1.29 is 22.8 Å². The van der Waals surface area contributed by atoms with E-state index in [1.54, 1.807) is 0 Å². The minimum atomic E-state index is -1.22. The predicted molar refractivity (Wildman–Crippen MR) is 85.6 cm³/mol. The average Bonchev–Trinajstić information content (AvgIpc) is 2.96. The lowest BCUT2D eigenvalue weighted by Gasteiger charge is -2.17. The van der Waals surface area contributed by atoms with Gasteiger partial charge in [0.15, 0.2) is 11.6 Å². The van der Waals surface area contributed by atoms with Gasteiger partial charge in [0.1, 0.15) is 11.7 Å². The highest BCUT2D eigenvalue weighted by molar-refractivity contribution is 6.30. The summed E-state index contributed by atoms with van der Waals surface area (Å²) in [7, 11) is 0. The Hall–Kier alpha value is -2.54. The van der Waals surface area contributed by atoms with E-state index in [0.717, 1.165) is 12.1 Å². The van der Waals surface area contributed by atoms with Crippen molar-refractivity contribution in [2.45, 2.75) is 5.92 Å². The summed E-state index contributed by atoms with van der Waals surface area (Å²) in [6.07, 6.45) is 0. The van der Waals surface area contributed by atoms with Gasteiger partial charge in [-0.05, 0) is 29.8 Å². The Morgan fingerprint density at radius 3 is 2.64 bits per heavy atom. The Labute approximate surface area is 146 Å². The van der Waals surface area contributed by atoms with Gasteiger partial charge < -0.3 is 10.6 Å². The first-order valence-corrected chi connectivity index (χ1v) is 7.74. The zero-order chi connectivity index (χ0) is 18.1. The highest BCUT2D eigenvalue weighted by Crippen LogP contribution is 2.32. The van der Waals surface area contributed by atoms with Crippen molar-refractivity contribution in [1.29, 1.82) is 0 Å². The molecular formula is C17H12ClF3N2O2. The molecule has 2 N–H and O–H groups in total. The number of benzene rings is 2. The molecule has 3 rings (SSSR count). The second-order valence-electron chi connectivity index (χ2n) is 5.59. The van der Waals surface area contributed by atoms with Gasteiger partial charge in [-0.25, -0.2) is 13.2 Å². The van der Waals surface area contributed by atoms with Crippen molar-refractivity contribution in [3.05, 3.63) is 64.4 Å². The Kier molecular flexibility index (Phi) is 4.67. The Morgan fingerprint density at radius 1 is 1.16 bits per heavy atom. The molecule has 1 aliphatic rings. The molecule has 0 radical (unpaired) electrons. The van der Waals surface area contributed by atoms with Crippen LogP contribution in [0.4, 0.5) is 18.9 Å². The molecule has 2 aromatic rings. The zero-order valence-electron chi connectivity index (χ0n) is 12.7. The molecule has 2 aromatic carbocycles. The Balaban J connectivity index is 1.87. The van der Waals surface area contributed by atoms with Crippen molar-refractivity contribution in [2.75, 3.05) is 11.9 Å². The lowest BCUT2D eigenvalue weighted by atomic mass is 9.87. The summed E-state index contributed by atoms with van der Waals surface area (Å²) >= 11 is 5.64. The van der Waals surface area contributed by atoms with Gasteiger partial charge in [-0.15, -0.1) is 0 Å². The normalized spacial score (nSPS) is 19.6. The standard InChI is InChI=1S/C17H12ClF3N2O2/c18-10-5-4-8(6-12(10)20)9-7-22-16(24)14(9)17(25)23-13-3-1-2-11(19)15(13)21/h1-6,9,14H,7H2,(H,22,24)(H,23,25)/t9-,14-/m1/s1. The number of hydrogen-bond acceptors (Lipinski definition) is 2. The number of amides is 2. The van der Waals surface area contributed by atoms with Gasteiger partial charge in [0.2, 0.25) is 11.8 Å². The molecule has 0 aliphatic carbocycles. The summed E-state index contributed by atoms with van der Waals surface area (Å²) in [5, 5.41) is 4.66. The molecule has 0 saturated carbocycles. The molecule has 0 aromatic heterocycles.